The Labute approximate surface area is 206 Å². The molecule has 2 amide bonds. The summed E-state index contributed by atoms with van der Waals surface area (Å²) in [5.74, 6) is 0.516. The van der Waals surface area contributed by atoms with Crippen LogP contribution in [0.15, 0.2) is 84.9 Å². The number of hydrogen-bond acceptors (Lipinski definition) is 3. The molecule has 1 aliphatic rings. The number of nitrogens with one attached hydrogen (secondary N) is 1. The SMILES string of the molecule is O=C(Nc1ccc(Oc2ccc3ccccc3c2)cc1)[C@H]1CC(=O)N(c2cc(Cl)ccc2Cl)C1. The van der Waals surface area contributed by atoms with Crippen molar-refractivity contribution in [1.29, 1.82) is 0 Å². The van der Waals surface area contributed by atoms with Crippen LogP contribution in [0.5, 0.6) is 11.5 Å². The molecule has 5 nitrogen and oxygen atoms in total. The minimum Gasteiger partial charge on any atom is -0.457 e. The number of carbonyl (C=O) groups is 2. The number of carbonyl (C=O) groups excluding carboxylic acids is 2. The monoisotopic (exact) mass is 490 g/mol. The summed E-state index contributed by atoms with van der Waals surface area (Å²) in [6, 6.07) is 26.1. The van der Waals surface area contributed by atoms with Crippen molar-refractivity contribution in [3.63, 3.8) is 0 Å². The van der Waals surface area contributed by atoms with Gasteiger partial charge in [0.25, 0.3) is 0 Å². The summed E-state index contributed by atoms with van der Waals surface area (Å²) in [6.07, 6.45) is 0.109. The maximum atomic E-state index is 12.8. The Hall–Kier alpha value is -3.54. The van der Waals surface area contributed by atoms with Crippen LogP contribution in [0.3, 0.4) is 0 Å². The Morgan fingerprint density at radius 1 is 0.882 bits per heavy atom. The molecule has 0 bridgehead atoms. The van der Waals surface area contributed by atoms with Crippen LogP contribution in [0.2, 0.25) is 10.0 Å². The second-order valence-electron chi connectivity index (χ2n) is 8.13. The minimum atomic E-state index is -0.490. The van der Waals surface area contributed by atoms with Gasteiger partial charge in [-0.15, -0.1) is 0 Å². The fourth-order valence-electron chi connectivity index (χ4n) is 4.03. The first-order chi connectivity index (χ1) is 16.5. The average Bonchev–Trinajstić information content (AvgIpc) is 3.23. The normalized spacial score (nSPS) is 15.5. The number of hydrogen-bond donors (Lipinski definition) is 1. The molecule has 0 unspecified atom stereocenters. The van der Waals surface area contributed by atoms with Gasteiger partial charge in [0.05, 0.1) is 16.6 Å². The smallest absolute Gasteiger partial charge is 0.229 e. The third-order valence-corrected chi connectivity index (χ3v) is 6.33. The van der Waals surface area contributed by atoms with Crippen LogP contribution in [-0.2, 0) is 9.59 Å². The average molecular weight is 491 g/mol. The molecule has 1 fully saturated rings. The molecule has 0 aromatic heterocycles. The second kappa shape index (κ2) is 9.37. The second-order valence-corrected chi connectivity index (χ2v) is 8.97. The molecular formula is C27H20Cl2N2O3. The fraction of sp³-hybridized carbons (Fsp3) is 0.111. The van der Waals surface area contributed by atoms with Crippen molar-refractivity contribution in [2.75, 3.05) is 16.8 Å². The third-order valence-electron chi connectivity index (χ3n) is 5.77. The molecule has 4 aromatic carbocycles. The Morgan fingerprint density at radius 2 is 1.62 bits per heavy atom. The van der Waals surface area contributed by atoms with E-state index in [9.17, 15) is 9.59 Å². The molecule has 1 N–H and O–H groups in total. The van der Waals surface area contributed by atoms with E-state index in [4.69, 9.17) is 27.9 Å². The van der Waals surface area contributed by atoms with Crippen LogP contribution >= 0.6 is 23.2 Å². The zero-order valence-electron chi connectivity index (χ0n) is 18.0. The zero-order chi connectivity index (χ0) is 23.7. The summed E-state index contributed by atoms with van der Waals surface area (Å²) in [5.41, 5.74) is 1.15. The third kappa shape index (κ3) is 4.72. The molecule has 5 rings (SSSR count). The van der Waals surface area contributed by atoms with Gasteiger partial charge in [-0.2, -0.15) is 0 Å². The summed E-state index contributed by atoms with van der Waals surface area (Å²) < 4.78 is 5.96. The van der Waals surface area contributed by atoms with E-state index in [1.807, 2.05) is 36.4 Å². The van der Waals surface area contributed by atoms with Crippen molar-refractivity contribution in [2.24, 2.45) is 5.92 Å². The highest BCUT2D eigenvalue weighted by Gasteiger charge is 2.36. The Kier molecular flexibility index (Phi) is 6.14. The molecule has 4 aromatic rings. The summed E-state index contributed by atoms with van der Waals surface area (Å²) in [4.78, 5) is 26.9. The van der Waals surface area contributed by atoms with Crippen molar-refractivity contribution in [3.05, 3.63) is 95.0 Å². The molecule has 1 atom stereocenters. The Balaban J connectivity index is 1.23. The lowest BCUT2D eigenvalue weighted by Gasteiger charge is -2.18. The molecule has 1 aliphatic heterocycles. The van der Waals surface area contributed by atoms with Crippen molar-refractivity contribution in [2.45, 2.75) is 6.42 Å². The van der Waals surface area contributed by atoms with Crippen molar-refractivity contribution in [3.8, 4) is 11.5 Å². The minimum absolute atomic E-state index is 0.109. The highest BCUT2D eigenvalue weighted by atomic mass is 35.5. The predicted octanol–water partition coefficient (Wildman–Crippen LogP) is 6.93. The van der Waals surface area contributed by atoms with E-state index >= 15 is 0 Å². The van der Waals surface area contributed by atoms with Crippen molar-refractivity contribution < 1.29 is 14.3 Å². The molecule has 0 spiro atoms. The van der Waals surface area contributed by atoms with Gasteiger partial charge in [0.2, 0.25) is 11.8 Å². The quantitative estimate of drug-likeness (QED) is 0.329. The van der Waals surface area contributed by atoms with Gasteiger partial charge >= 0.3 is 0 Å². The van der Waals surface area contributed by atoms with Crippen LogP contribution in [-0.4, -0.2) is 18.4 Å². The largest absolute Gasteiger partial charge is 0.457 e. The number of amides is 2. The van der Waals surface area contributed by atoms with Gasteiger partial charge in [-0.05, 0) is 65.4 Å². The van der Waals surface area contributed by atoms with Gasteiger partial charge in [-0.1, -0.05) is 53.5 Å². The molecule has 1 heterocycles. The summed E-state index contributed by atoms with van der Waals surface area (Å²) in [6.45, 7) is 0.244. The number of ether oxygens (including phenoxy) is 1. The topological polar surface area (TPSA) is 58.6 Å². The standard InChI is InChI=1S/C27H20Cl2N2O3/c28-20-6-12-24(29)25(15-20)31-16-19(14-26(31)32)27(33)30-21-7-10-22(11-8-21)34-23-9-5-17-3-1-2-4-18(17)13-23/h1-13,15,19H,14,16H2,(H,30,33)/t19-/m0/s1. The van der Waals surface area contributed by atoms with Crippen molar-refractivity contribution >= 4 is 57.2 Å². The van der Waals surface area contributed by atoms with E-state index in [-0.39, 0.29) is 24.8 Å². The zero-order valence-corrected chi connectivity index (χ0v) is 19.5. The Morgan fingerprint density at radius 3 is 2.41 bits per heavy atom. The van der Waals surface area contributed by atoms with Gasteiger partial charge < -0.3 is 15.0 Å². The van der Waals surface area contributed by atoms with Gasteiger partial charge in [0.15, 0.2) is 0 Å². The van der Waals surface area contributed by atoms with E-state index in [0.29, 0.717) is 27.2 Å². The fourth-order valence-corrected chi connectivity index (χ4v) is 4.41. The molecule has 7 heteroatoms. The lowest BCUT2D eigenvalue weighted by Crippen LogP contribution is -2.28. The maximum Gasteiger partial charge on any atom is 0.229 e. The number of rotatable bonds is 5. The van der Waals surface area contributed by atoms with Crippen LogP contribution in [0.4, 0.5) is 11.4 Å². The van der Waals surface area contributed by atoms with Gasteiger partial charge in [-0.3, -0.25) is 9.59 Å². The summed E-state index contributed by atoms with van der Waals surface area (Å²) in [7, 11) is 0. The number of nitrogens with zero attached hydrogens (tertiary/aromatic N) is 1. The number of halogens is 2. The molecule has 34 heavy (non-hydrogen) atoms. The van der Waals surface area contributed by atoms with Gasteiger partial charge in [-0.25, -0.2) is 0 Å². The van der Waals surface area contributed by atoms with Gasteiger partial charge in [0, 0.05) is 23.7 Å². The predicted molar refractivity (Wildman–Crippen MR) is 136 cm³/mol. The number of fused-ring (bicyclic) bond motifs is 1. The highest BCUT2D eigenvalue weighted by molar-refractivity contribution is 6.36. The lowest BCUT2D eigenvalue weighted by molar-refractivity contribution is -0.122. The van der Waals surface area contributed by atoms with E-state index < -0.39 is 5.92 Å². The number of benzene rings is 4. The first kappa shape index (κ1) is 22.3. The van der Waals surface area contributed by atoms with E-state index in [0.717, 1.165) is 16.5 Å². The van der Waals surface area contributed by atoms with Crippen LogP contribution in [0.25, 0.3) is 10.8 Å². The molecule has 1 saturated heterocycles. The van der Waals surface area contributed by atoms with Crippen LogP contribution in [0.1, 0.15) is 6.42 Å². The van der Waals surface area contributed by atoms with E-state index in [1.165, 1.54) is 4.90 Å². The van der Waals surface area contributed by atoms with Crippen molar-refractivity contribution in [1.82, 2.24) is 0 Å². The molecule has 0 saturated carbocycles. The number of anilines is 2. The first-order valence-corrected chi connectivity index (χ1v) is 11.5. The maximum absolute atomic E-state index is 12.8. The van der Waals surface area contributed by atoms with Gasteiger partial charge in [0.1, 0.15) is 11.5 Å². The first-order valence-electron chi connectivity index (χ1n) is 10.8. The van der Waals surface area contributed by atoms with Crippen LogP contribution < -0.4 is 15.0 Å². The molecular weight excluding hydrogens is 471 g/mol. The lowest BCUT2D eigenvalue weighted by atomic mass is 10.1. The molecule has 0 aliphatic carbocycles. The summed E-state index contributed by atoms with van der Waals surface area (Å²) >= 11 is 12.3. The highest BCUT2D eigenvalue weighted by Crippen LogP contribution is 2.34. The van der Waals surface area contributed by atoms with E-state index in [2.05, 4.69) is 11.4 Å². The summed E-state index contributed by atoms with van der Waals surface area (Å²) in [5, 5.41) is 6.03. The molecule has 0 radical (unpaired) electrons. The van der Waals surface area contributed by atoms with E-state index in [1.54, 1.807) is 42.5 Å². The van der Waals surface area contributed by atoms with Crippen LogP contribution in [0, 0.1) is 5.92 Å². The Bertz CT molecular complexity index is 1390. The molecule has 170 valence electrons.